The molecule has 0 bridgehead atoms. The number of aliphatic carboxylic acids is 1. The van der Waals surface area contributed by atoms with Crippen LogP contribution in [0.4, 0.5) is 0 Å². The highest BCUT2D eigenvalue weighted by atomic mass is 32.2. The summed E-state index contributed by atoms with van der Waals surface area (Å²) >= 11 is 0. The molecule has 1 atom stereocenters. The average Bonchev–Trinajstić information content (AvgIpc) is 2.35. The molecule has 98 valence electrons. The van der Waals surface area contributed by atoms with Gasteiger partial charge in [0.15, 0.2) is 0 Å². The van der Waals surface area contributed by atoms with E-state index in [-0.39, 0.29) is 5.56 Å². The molecule has 1 rings (SSSR count). The van der Waals surface area contributed by atoms with Crippen LogP contribution in [0.3, 0.4) is 0 Å². The lowest BCUT2D eigenvalue weighted by Crippen LogP contribution is -2.45. The van der Waals surface area contributed by atoms with Gasteiger partial charge in [0.2, 0.25) is 0 Å². The first-order valence-corrected chi connectivity index (χ1v) is 6.32. The first-order valence-electron chi connectivity index (χ1n) is 4.84. The fourth-order valence-corrected chi connectivity index (χ4v) is 2.24. The van der Waals surface area contributed by atoms with Crippen molar-refractivity contribution in [3.05, 3.63) is 35.9 Å². The molecule has 0 aliphatic rings. The summed E-state index contributed by atoms with van der Waals surface area (Å²) in [4.78, 5) is 22.2. The smallest absolute Gasteiger partial charge is 0.324 e. The predicted molar refractivity (Wildman–Crippen MR) is 61.3 cm³/mol. The Kier molecular flexibility index (Phi) is 4.54. The number of carboxylic acid groups (broad SMARTS) is 1. The summed E-state index contributed by atoms with van der Waals surface area (Å²) in [6.07, 6.45) is 0. The molecule has 18 heavy (non-hydrogen) atoms. The summed E-state index contributed by atoms with van der Waals surface area (Å²) in [7, 11) is -4.50. The zero-order valence-electron chi connectivity index (χ0n) is 9.11. The van der Waals surface area contributed by atoms with Crippen LogP contribution in [0.2, 0.25) is 0 Å². The van der Waals surface area contributed by atoms with E-state index in [0.29, 0.717) is 0 Å². The van der Waals surface area contributed by atoms with Gasteiger partial charge < -0.3 is 10.2 Å². The van der Waals surface area contributed by atoms with Crippen molar-refractivity contribution in [2.45, 2.75) is 6.04 Å². The molecule has 0 saturated heterocycles. The first kappa shape index (κ1) is 14.3. The molecule has 0 fully saturated rings. The largest absolute Gasteiger partial charge is 0.480 e. The van der Waals surface area contributed by atoms with E-state index >= 15 is 0 Å². The quantitative estimate of drug-likeness (QED) is 0.645. The van der Waals surface area contributed by atoms with Gasteiger partial charge in [0.05, 0.1) is 6.61 Å². The molecule has 0 aromatic heterocycles. The maximum atomic E-state index is 11.6. The number of hydrogen-bond donors (Lipinski definition) is 3. The summed E-state index contributed by atoms with van der Waals surface area (Å²) < 4.78 is 24.8. The van der Waals surface area contributed by atoms with E-state index in [1.807, 2.05) is 0 Å². The predicted octanol–water partition coefficient (Wildman–Crippen LogP) is -0.808. The Balaban J connectivity index is 2.94. The van der Waals surface area contributed by atoms with Crippen LogP contribution in [-0.4, -0.2) is 42.4 Å². The summed E-state index contributed by atoms with van der Waals surface area (Å²) in [6, 6.07) is 5.38. The van der Waals surface area contributed by atoms with Crippen molar-refractivity contribution in [3.8, 4) is 0 Å². The maximum Gasteiger partial charge on any atom is 0.324 e. The van der Waals surface area contributed by atoms with E-state index in [0.717, 1.165) is 0 Å². The summed E-state index contributed by atoms with van der Waals surface area (Å²) in [5.74, 6) is -1.57. The minimum absolute atomic E-state index is 0.0907. The van der Waals surface area contributed by atoms with E-state index in [2.05, 4.69) is 0 Å². The van der Waals surface area contributed by atoms with Crippen molar-refractivity contribution in [2.75, 3.05) is 6.61 Å². The fourth-order valence-electron chi connectivity index (χ4n) is 1.14. The summed E-state index contributed by atoms with van der Waals surface area (Å²) in [6.45, 7) is -0.948. The maximum absolute atomic E-state index is 11.6. The van der Waals surface area contributed by atoms with E-state index < -0.39 is 33.8 Å². The van der Waals surface area contributed by atoms with Crippen LogP contribution in [0.5, 0.6) is 0 Å². The molecule has 1 aromatic rings. The molecular formula is C10H11NO6S. The SMILES string of the molecule is O=C(O)[C@@H](CO)NS(=O)(=O)C(=O)c1ccccc1. The Morgan fingerprint density at radius 2 is 1.78 bits per heavy atom. The lowest BCUT2D eigenvalue weighted by atomic mass is 10.2. The highest BCUT2D eigenvalue weighted by molar-refractivity contribution is 8.05. The van der Waals surface area contributed by atoms with Crippen LogP contribution in [0, 0.1) is 0 Å². The molecule has 0 spiro atoms. The molecule has 0 aliphatic carbocycles. The topological polar surface area (TPSA) is 121 Å². The molecule has 7 nitrogen and oxygen atoms in total. The van der Waals surface area contributed by atoms with Crippen LogP contribution in [0.1, 0.15) is 10.4 Å². The van der Waals surface area contributed by atoms with E-state index in [1.54, 1.807) is 10.8 Å². The van der Waals surface area contributed by atoms with Gasteiger partial charge in [-0.2, -0.15) is 4.72 Å². The number of rotatable bonds is 5. The lowest BCUT2D eigenvalue weighted by molar-refractivity contribution is -0.139. The number of carbonyl (C=O) groups is 2. The van der Waals surface area contributed by atoms with E-state index in [1.165, 1.54) is 24.3 Å². The zero-order valence-corrected chi connectivity index (χ0v) is 9.92. The van der Waals surface area contributed by atoms with Gasteiger partial charge in [0, 0.05) is 5.56 Å². The van der Waals surface area contributed by atoms with Crippen LogP contribution in [0.15, 0.2) is 30.3 Å². The van der Waals surface area contributed by atoms with Gasteiger partial charge in [-0.3, -0.25) is 9.59 Å². The number of benzene rings is 1. The van der Waals surface area contributed by atoms with Crippen molar-refractivity contribution in [3.63, 3.8) is 0 Å². The second-order valence-electron chi connectivity index (χ2n) is 3.35. The highest BCUT2D eigenvalue weighted by Gasteiger charge is 2.29. The Bertz CT molecular complexity index is 539. The second-order valence-corrected chi connectivity index (χ2v) is 4.96. The molecule has 0 amide bonds. The van der Waals surface area contributed by atoms with E-state index in [9.17, 15) is 18.0 Å². The van der Waals surface area contributed by atoms with Crippen LogP contribution >= 0.6 is 0 Å². The van der Waals surface area contributed by atoms with Gasteiger partial charge in [-0.25, -0.2) is 8.42 Å². The fraction of sp³-hybridized carbons (Fsp3) is 0.200. The molecule has 1 aromatic carbocycles. The third-order valence-corrected chi connectivity index (χ3v) is 3.35. The van der Waals surface area contributed by atoms with Crippen LogP contribution < -0.4 is 4.72 Å². The third kappa shape index (κ3) is 3.36. The average molecular weight is 273 g/mol. The first-order chi connectivity index (χ1) is 8.38. The van der Waals surface area contributed by atoms with Gasteiger partial charge in [-0.15, -0.1) is 0 Å². The molecule has 0 saturated carbocycles. The third-order valence-electron chi connectivity index (χ3n) is 2.03. The number of aliphatic hydroxyl groups is 1. The normalized spacial score (nSPS) is 12.9. The summed E-state index contributed by atoms with van der Waals surface area (Å²) in [5.41, 5.74) is -0.0907. The molecular weight excluding hydrogens is 262 g/mol. The lowest BCUT2D eigenvalue weighted by Gasteiger charge is -2.11. The van der Waals surface area contributed by atoms with Crippen molar-refractivity contribution in [1.82, 2.24) is 4.72 Å². The van der Waals surface area contributed by atoms with Crippen molar-refractivity contribution in [1.29, 1.82) is 0 Å². The number of aliphatic hydroxyl groups excluding tert-OH is 1. The molecule has 0 aliphatic heterocycles. The Hall–Kier alpha value is -1.77. The Morgan fingerprint density at radius 1 is 1.22 bits per heavy atom. The Morgan fingerprint density at radius 3 is 2.22 bits per heavy atom. The highest BCUT2D eigenvalue weighted by Crippen LogP contribution is 2.05. The minimum Gasteiger partial charge on any atom is -0.480 e. The van der Waals surface area contributed by atoms with Gasteiger partial charge in [0.1, 0.15) is 6.04 Å². The molecule has 3 N–H and O–H groups in total. The second kappa shape index (κ2) is 5.71. The Labute approximate surface area is 103 Å². The van der Waals surface area contributed by atoms with Gasteiger partial charge in [0.25, 0.3) is 15.1 Å². The van der Waals surface area contributed by atoms with E-state index in [4.69, 9.17) is 10.2 Å². The van der Waals surface area contributed by atoms with Crippen molar-refractivity contribution >= 4 is 21.1 Å². The standard InChI is InChI=1S/C10H11NO6S/c12-6-8(9(13)14)11-18(16,17)10(15)7-4-2-1-3-5-7/h1-5,8,11-12H,6H2,(H,13,14)/t8-/m1/s1. The number of carboxylic acids is 1. The molecule has 0 unspecified atom stereocenters. The van der Waals surface area contributed by atoms with Crippen molar-refractivity contribution in [2.24, 2.45) is 0 Å². The van der Waals surface area contributed by atoms with Gasteiger partial charge >= 0.3 is 5.97 Å². The zero-order chi connectivity index (χ0) is 13.8. The van der Waals surface area contributed by atoms with Crippen LogP contribution in [0.25, 0.3) is 0 Å². The summed E-state index contributed by atoms with van der Waals surface area (Å²) in [5, 5.41) is 16.0. The molecule has 8 heteroatoms. The molecule has 0 heterocycles. The number of sulfonamides is 1. The van der Waals surface area contributed by atoms with Gasteiger partial charge in [-0.1, -0.05) is 30.3 Å². The van der Waals surface area contributed by atoms with Crippen LogP contribution in [-0.2, 0) is 14.8 Å². The van der Waals surface area contributed by atoms with Crippen molar-refractivity contribution < 1.29 is 28.2 Å². The monoisotopic (exact) mass is 273 g/mol. The number of hydrogen-bond acceptors (Lipinski definition) is 5. The molecule has 0 radical (unpaired) electrons. The number of nitrogens with one attached hydrogen (secondary N) is 1. The van der Waals surface area contributed by atoms with Gasteiger partial charge in [-0.05, 0) is 0 Å². The minimum atomic E-state index is -4.50. The number of carbonyl (C=O) groups excluding carboxylic acids is 1.